The molecule has 1 amide bonds. The van der Waals surface area contributed by atoms with Gasteiger partial charge < -0.3 is 23.6 Å². The van der Waals surface area contributed by atoms with E-state index in [1.807, 2.05) is 25.1 Å². The number of aryl methyl sites for hydroxylation is 1. The molecule has 31 heavy (non-hydrogen) atoms. The summed E-state index contributed by atoms with van der Waals surface area (Å²) in [7, 11) is 0. The SMILES string of the molecule is CCC[CH-]Oc1ccc(C)c(C(=O)NC2(c3cccc4ccccc34)CC2)c1.[CH3-].[Cr+3].[NH2-]. The van der Waals surface area contributed by atoms with Gasteiger partial charge in [0.05, 0.1) is 11.3 Å². The summed E-state index contributed by atoms with van der Waals surface area (Å²) in [6.07, 6.45) is 3.85. The number of nitrogens with two attached hydrogens (primary N) is 1. The van der Waals surface area contributed by atoms with Crippen LogP contribution in [0.15, 0.2) is 60.7 Å². The van der Waals surface area contributed by atoms with Crippen LogP contribution in [0, 0.1) is 21.0 Å². The van der Waals surface area contributed by atoms with E-state index in [0.29, 0.717) is 11.3 Å². The Hall–Kier alpha value is -2.32. The molecule has 4 nitrogen and oxygen atoms in total. The molecule has 5 heteroatoms. The van der Waals surface area contributed by atoms with E-state index in [1.165, 1.54) is 16.3 Å². The molecule has 0 aliphatic heterocycles. The minimum absolute atomic E-state index is 0. The second-order valence-corrected chi connectivity index (χ2v) is 7.61. The summed E-state index contributed by atoms with van der Waals surface area (Å²) < 4.78 is 5.68. The first-order chi connectivity index (χ1) is 13.6. The normalized spacial score (nSPS) is 13.2. The van der Waals surface area contributed by atoms with Gasteiger partial charge in [-0.2, -0.15) is 6.61 Å². The van der Waals surface area contributed by atoms with Crippen LogP contribution >= 0.6 is 0 Å². The predicted octanol–water partition coefficient (Wildman–Crippen LogP) is 7.07. The molecule has 3 aromatic rings. The summed E-state index contributed by atoms with van der Waals surface area (Å²) in [6, 6.07) is 20.4. The van der Waals surface area contributed by atoms with Crippen LogP contribution < -0.4 is 10.1 Å². The Bertz CT molecular complexity index is 1010. The maximum Gasteiger partial charge on any atom is 3.00 e. The average molecular weight is 456 g/mol. The number of fused-ring (bicyclic) bond motifs is 1. The number of rotatable bonds is 7. The summed E-state index contributed by atoms with van der Waals surface area (Å²) in [5.74, 6) is 0.670. The number of nitrogens with one attached hydrogen (secondary N) is 1. The van der Waals surface area contributed by atoms with Crippen LogP contribution in [0.3, 0.4) is 0 Å². The Labute approximate surface area is 197 Å². The molecule has 1 saturated carbocycles. The van der Waals surface area contributed by atoms with Crippen LogP contribution in [0.2, 0.25) is 0 Å². The van der Waals surface area contributed by atoms with Gasteiger partial charge in [-0.3, -0.25) is 4.79 Å². The molecular weight excluding hydrogens is 424 g/mol. The van der Waals surface area contributed by atoms with E-state index in [4.69, 9.17) is 4.74 Å². The zero-order chi connectivity index (χ0) is 19.6. The molecule has 0 aromatic heterocycles. The van der Waals surface area contributed by atoms with Crippen LogP contribution in [-0.4, -0.2) is 5.91 Å². The second-order valence-electron chi connectivity index (χ2n) is 7.61. The van der Waals surface area contributed by atoms with Gasteiger partial charge in [-0.25, -0.2) is 0 Å². The minimum Gasteiger partial charge on any atom is -0.693 e. The van der Waals surface area contributed by atoms with Crippen molar-refractivity contribution in [1.29, 1.82) is 0 Å². The van der Waals surface area contributed by atoms with Crippen molar-refractivity contribution in [2.45, 2.75) is 45.1 Å². The fraction of sp³-hybridized carbons (Fsp3) is 0.269. The van der Waals surface area contributed by atoms with Crippen LogP contribution in [0.5, 0.6) is 5.75 Å². The molecule has 0 heterocycles. The van der Waals surface area contributed by atoms with Crippen LogP contribution in [0.4, 0.5) is 0 Å². The Morgan fingerprint density at radius 1 is 1.10 bits per heavy atom. The van der Waals surface area contributed by atoms with Gasteiger partial charge in [0.15, 0.2) is 0 Å². The van der Waals surface area contributed by atoms with E-state index in [2.05, 4.69) is 54.7 Å². The van der Waals surface area contributed by atoms with Crippen molar-refractivity contribution in [1.82, 2.24) is 5.32 Å². The smallest absolute Gasteiger partial charge is 0.693 e. The Kier molecular flexibility index (Phi) is 9.78. The molecule has 1 aliphatic rings. The quantitative estimate of drug-likeness (QED) is 0.306. The number of carbonyl (C=O) groups excluding carboxylic acids is 1. The topological polar surface area (TPSA) is 71.8 Å². The van der Waals surface area contributed by atoms with Crippen molar-refractivity contribution >= 4 is 16.7 Å². The molecule has 1 radical (unpaired) electrons. The maximum atomic E-state index is 13.1. The van der Waals surface area contributed by atoms with Crippen molar-refractivity contribution in [3.05, 3.63) is 97.5 Å². The molecule has 4 rings (SSSR count). The zero-order valence-electron chi connectivity index (χ0n) is 18.5. The predicted molar refractivity (Wildman–Crippen MR) is 125 cm³/mol. The van der Waals surface area contributed by atoms with Gasteiger partial charge >= 0.3 is 17.4 Å². The van der Waals surface area contributed by atoms with Gasteiger partial charge in [0.25, 0.3) is 5.91 Å². The number of carbonyl (C=O) groups is 1. The third-order valence-corrected chi connectivity index (χ3v) is 5.49. The molecule has 0 saturated heterocycles. The molecule has 163 valence electrons. The molecule has 1 fully saturated rings. The summed E-state index contributed by atoms with van der Waals surface area (Å²) >= 11 is 0. The van der Waals surface area contributed by atoms with Gasteiger partial charge in [0, 0.05) is 5.56 Å². The van der Waals surface area contributed by atoms with Gasteiger partial charge in [-0.05, 0) is 53.8 Å². The first-order valence-corrected chi connectivity index (χ1v) is 10.0. The number of amides is 1. The van der Waals surface area contributed by atoms with E-state index >= 15 is 0 Å². The van der Waals surface area contributed by atoms with Crippen LogP contribution in [0.1, 0.15) is 54.1 Å². The van der Waals surface area contributed by atoms with Crippen molar-refractivity contribution < 1.29 is 26.9 Å². The molecule has 0 bridgehead atoms. The van der Waals surface area contributed by atoms with Crippen LogP contribution in [-0.2, 0) is 22.9 Å². The van der Waals surface area contributed by atoms with Crippen molar-refractivity contribution in [2.75, 3.05) is 0 Å². The number of ether oxygens (including phenoxy) is 1. The molecule has 3 N–H and O–H groups in total. The third kappa shape index (κ3) is 5.68. The van der Waals surface area contributed by atoms with Crippen molar-refractivity contribution in [2.24, 2.45) is 0 Å². The number of hydrogen-bond acceptors (Lipinski definition) is 2. The van der Waals surface area contributed by atoms with Gasteiger partial charge in [-0.15, -0.1) is 6.42 Å². The molecule has 0 unspecified atom stereocenters. The number of hydrogen-bond donors (Lipinski definition) is 1. The molecular formula is C26H31CrN2O2. The largest absolute Gasteiger partial charge is 3.00 e. The molecule has 0 atom stereocenters. The van der Waals surface area contributed by atoms with E-state index in [1.54, 1.807) is 6.61 Å². The monoisotopic (exact) mass is 455 g/mol. The summed E-state index contributed by atoms with van der Waals surface area (Å²) in [5, 5.41) is 5.74. The molecule has 0 spiro atoms. The van der Waals surface area contributed by atoms with Gasteiger partial charge in [0.1, 0.15) is 0 Å². The standard InChI is InChI=1S/C25H26NO2.CH3.Cr.H2N/c1-3-4-16-28-20-13-12-18(2)22(17-20)24(27)26-25(14-15-25)23-11-7-9-19-8-5-6-10-21(19)23;;;/h5-13,16-17H,3-4,14-15H2,1-2H3,(H,26,27);1H3;;1H2/q2*-1;+3;-1. The fourth-order valence-corrected chi connectivity index (χ4v) is 3.71. The van der Waals surface area contributed by atoms with Gasteiger partial charge in [0.2, 0.25) is 0 Å². The third-order valence-electron chi connectivity index (χ3n) is 5.49. The van der Waals surface area contributed by atoms with E-state index in [9.17, 15) is 4.79 Å². The van der Waals surface area contributed by atoms with E-state index in [-0.39, 0.29) is 42.4 Å². The minimum atomic E-state index is -0.268. The Morgan fingerprint density at radius 3 is 2.52 bits per heavy atom. The summed E-state index contributed by atoms with van der Waals surface area (Å²) in [6.45, 7) is 5.87. The Balaban J connectivity index is 0.00000160. The van der Waals surface area contributed by atoms with Gasteiger partial charge in [-0.1, -0.05) is 61.9 Å². The Morgan fingerprint density at radius 2 is 1.81 bits per heavy atom. The first-order valence-electron chi connectivity index (χ1n) is 10.0. The first kappa shape index (κ1) is 26.7. The average Bonchev–Trinajstić information content (AvgIpc) is 3.49. The summed E-state index contributed by atoms with van der Waals surface area (Å²) in [5.41, 5.74) is 2.57. The molecule has 1 aliphatic carbocycles. The zero-order valence-corrected chi connectivity index (χ0v) is 19.8. The summed E-state index contributed by atoms with van der Waals surface area (Å²) in [4.78, 5) is 13.1. The second kappa shape index (κ2) is 11.3. The fourth-order valence-electron chi connectivity index (χ4n) is 3.71. The van der Waals surface area contributed by atoms with Crippen LogP contribution in [0.25, 0.3) is 16.9 Å². The molecule has 3 aromatic carbocycles. The van der Waals surface area contributed by atoms with E-state index < -0.39 is 0 Å². The van der Waals surface area contributed by atoms with E-state index in [0.717, 1.165) is 31.2 Å². The number of benzene rings is 3. The van der Waals surface area contributed by atoms with Crippen molar-refractivity contribution in [3.63, 3.8) is 0 Å². The van der Waals surface area contributed by atoms with Crippen molar-refractivity contribution in [3.8, 4) is 5.75 Å². The maximum absolute atomic E-state index is 13.1. The number of unbranched alkanes of at least 4 members (excludes halogenated alkanes) is 1.